The molecule has 0 saturated carbocycles. The van der Waals surface area contributed by atoms with E-state index in [-0.39, 0.29) is 19.0 Å². The van der Waals surface area contributed by atoms with Crippen LogP contribution in [0.2, 0.25) is 5.02 Å². The minimum absolute atomic E-state index is 0.188. The predicted octanol–water partition coefficient (Wildman–Crippen LogP) is 2.36. The van der Waals surface area contributed by atoms with Crippen LogP contribution in [0.25, 0.3) is 0 Å². The van der Waals surface area contributed by atoms with E-state index in [9.17, 15) is 9.59 Å². The number of hydrogen-bond donors (Lipinski definition) is 1. The van der Waals surface area contributed by atoms with Crippen molar-refractivity contribution in [3.63, 3.8) is 0 Å². The molecule has 0 aliphatic heterocycles. The van der Waals surface area contributed by atoms with Crippen LogP contribution in [0, 0.1) is 6.92 Å². The quantitative estimate of drug-likeness (QED) is 0.833. The lowest BCUT2D eigenvalue weighted by Gasteiger charge is -2.19. The summed E-state index contributed by atoms with van der Waals surface area (Å²) < 4.78 is 0. The number of amides is 1. The van der Waals surface area contributed by atoms with Crippen molar-refractivity contribution in [2.45, 2.75) is 6.92 Å². The third kappa shape index (κ3) is 3.60. The molecule has 18 heavy (non-hydrogen) atoms. The van der Waals surface area contributed by atoms with Crippen LogP contribution < -0.4 is 0 Å². The number of aryl methyl sites for hydroxylation is 1. The number of carbonyl (C=O) groups excluding carboxylic acids is 1. The Hall–Kier alpha value is -1.81. The zero-order valence-electron chi connectivity index (χ0n) is 10.0. The number of benzene rings is 1. The van der Waals surface area contributed by atoms with Gasteiger partial charge in [0.05, 0.1) is 0 Å². The van der Waals surface area contributed by atoms with Crippen molar-refractivity contribution in [2.75, 3.05) is 13.1 Å². The number of carboxylic acid groups (broad SMARTS) is 1. The highest BCUT2D eigenvalue weighted by atomic mass is 35.5. The number of halogens is 1. The first kappa shape index (κ1) is 14.3. The summed E-state index contributed by atoms with van der Waals surface area (Å²) >= 11 is 5.81. The van der Waals surface area contributed by atoms with Crippen LogP contribution in [0.4, 0.5) is 0 Å². The van der Waals surface area contributed by atoms with Crippen molar-refractivity contribution in [1.29, 1.82) is 0 Å². The molecule has 1 rings (SSSR count). The topological polar surface area (TPSA) is 57.6 Å². The van der Waals surface area contributed by atoms with Gasteiger partial charge in [-0.3, -0.25) is 9.59 Å². The second-order valence-electron chi connectivity index (χ2n) is 3.83. The van der Waals surface area contributed by atoms with E-state index in [1.54, 1.807) is 25.1 Å². The summed E-state index contributed by atoms with van der Waals surface area (Å²) in [6, 6.07) is 4.87. The van der Waals surface area contributed by atoms with Gasteiger partial charge in [-0.05, 0) is 30.7 Å². The predicted molar refractivity (Wildman–Crippen MR) is 69.9 cm³/mol. The second-order valence-corrected chi connectivity index (χ2v) is 4.26. The summed E-state index contributed by atoms with van der Waals surface area (Å²) in [5, 5.41) is 9.31. The van der Waals surface area contributed by atoms with E-state index in [2.05, 4.69) is 6.58 Å². The lowest BCUT2D eigenvalue weighted by Crippen LogP contribution is -2.36. The van der Waals surface area contributed by atoms with Gasteiger partial charge >= 0.3 is 5.97 Å². The number of carboxylic acids is 1. The van der Waals surface area contributed by atoms with E-state index >= 15 is 0 Å². The number of carbonyl (C=O) groups is 2. The maximum atomic E-state index is 12.2. The molecule has 1 aromatic carbocycles. The van der Waals surface area contributed by atoms with Gasteiger partial charge in [-0.1, -0.05) is 17.7 Å². The summed E-state index contributed by atoms with van der Waals surface area (Å²) in [6.07, 6.45) is 1.49. The number of aliphatic carboxylic acids is 1. The summed E-state index contributed by atoms with van der Waals surface area (Å²) in [7, 11) is 0. The van der Waals surface area contributed by atoms with E-state index in [0.29, 0.717) is 16.1 Å². The lowest BCUT2D eigenvalue weighted by molar-refractivity contribution is -0.137. The molecular weight excluding hydrogens is 254 g/mol. The molecule has 0 bridgehead atoms. The van der Waals surface area contributed by atoms with Gasteiger partial charge in [-0.2, -0.15) is 0 Å². The van der Waals surface area contributed by atoms with Gasteiger partial charge in [0, 0.05) is 17.1 Å². The highest BCUT2D eigenvalue weighted by molar-refractivity contribution is 6.30. The van der Waals surface area contributed by atoms with Crippen molar-refractivity contribution in [2.24, 2.45) is 0 Å². The van der Waals surface area contributed by atoms with Gasteiger partial charge in [-0.15, -0.1) is 6.58 Å². The Balaban J connectivity index is 3.01. The molecular formula is C13H14ClNO3. The van der Waals surface area contributed by atoms with Crippen LogP contribution in [0.15, 0.2) is 30.9 Å². The largest absolute Gasteiger partial charge is 0.480 e. The van der Waals surface area contributed by atoms with Crippen LogP contribution in [0.3, 0.4) is 0 Å². The first-order valence-corrected chi connectivity index (χ1v) is 5.71. The highest BCUT2D eigenvalue weighted by Gasteiger charge is 2.18. The average Bonchev–Trinajstić information content (AvgIpc) is 2.27. The molecule has 96 valence electrons. The molecule has 0 fully saturated rings. The fourth-order valence-corrected chi connectivity index (χ4v) is 1.80. The molecule has 0 atom stereocenters. The standard InChI is InChI=1S/C13H14ClNO3/c1-3-6-15(8-12(16)17)13(18)11-5-4-10(14)7-9(11)2/h3-5,7H,1,6,8H2,2H3,(H,16,17). The lowest BCUT2D eigenvalue weighted by atomic mass is 10.1. The molecule has 0 unspecified atom stereocenters. The molecule has 4 nitrogen and oxygen atoms in total. The third-order valence-corrected chi connectivity index (χ3v) is 2.62. The Morgan fingerprint density at radius 1 is 1.50 bits per heavy atom. The molecule has 0 saturated heterocycles. The minimum atomic E-state index is -1.06. The van der Waals surface area contributed by atoms with Gasteiger partial charge in [0.15, 0.2) is 0 Å². The van der Waals surface area contributed by atoms with E-state index in [0.717, 1.165) is 0 Å². The van der Waals surface area contributed by atoms with Crippen molar-refractivity contribution in [3.05, 3.63) is 47.0 Å². The molecule has 1 N–H and O–H groups in total. The van der Waals surface area contributed by atoms with Crippen LogP contribution in [-0.4, -0.2) is 35.0 Å². The van der Waals surface area contributed by atoms with Crippen molar-refractivity contribution in [3.8, 4) is 0 Å². The third-order valence-electron chi connectivity index (χ3n) is 2.38. The average molecular weight is 268 g/mol. The second kappa shape index (κ2) is 6.21. The van der Waals surface area contributed by atoms with E-state index in [4.69, 9.17) is 16.7 Å². The van der Waals surface area contributed by atoms with Crippen LogP contribution in [-0.2, 0) is 4.79 Å². The maximum absolute atomic E-state index is 12.2. The molecule has 0 aliphatic carbocycles. The van der Waals surface area contributed by atoms with Crippen molar-refractivity contribution in [1.82, 2.24) is 4.90 Å². The molecule has 0 aromatic heterocycles. The van der Waals surface area contributed by atoms with Gasteiger partial charge in [0.1, 0.15) is 6.54 Å². The maximum Gasteiger partial charge on any atom is 0.323 e. The molecule has 0 heterocycles. The molecule has 5 heteroatoms. The van der Waals surface area contributed by atoms with E-state index in [1.165, 1.54) is 11.0 Å². The first-order chi connectivity index (χ1) is 8.45. The molecule has 1 aromatic rings. The summed E-state index contributed by atoms with van der Waals surface area (Å²) in [4.78, 5) is 24.1. The van der Waals surface area contributed by atoms with Gasteiger partial charge in [0.2, 0.25) is 0 Å². The van der Waals surface area contributed by atoms with Crippen LogP contribution >= 0.6 is 11.6 Å². The fraction of sp³-hybridized carbons (Fsp3) is 0.231. The fourth-order valence-electron chi connectivity index (χ4n) is 1.58. The SMILES string of the molecule is C=CCN(CC(=O)O)C(=O)c1ccc(Cl)cc1C. The van der Waals surface area contributed by atoms with E-state index in [1.807, 2.05) is 0 Å². The summed E-state index contributed by atoms with van der Waals surface area (Å²) in [6.45, 7) is 5.10. The monoisotopic (exact) mass is 267 g/mol. The number of nitrogens with zero attached hydrogens (tertiary/aromatic N) is 1. The zero-order valence-corrected chi connectivity index (χ0v) is 10.8. The van der Waals surface area contributed by atoms with Crippen LogP contribution in [0.1, 0.15) is 15.9 Å². The van der Waals surface area contributed by atoms with Gasteiger partial charge in [0.25, 0.3) is 5.91 Å². The summed E-state index contributed by atoms with van der Waals surface area (Å²) in [5.74, 6) is -1.40. The van der Waals surface area contributed by atoms with Crippen LogP contribution in [0.5, 0.6) is 0 Å². The Bertz CT molecular complexity index is 485. The normalized spacial score (nSPS) is 9.89. The van der Waals surface area contributed by atoms with Crippen molar-refractivity contribution < 1.29 is 14.7 Å². The number of rotatable bonds is 5. The van der Waals surface area contributed by atoms with E-state index < -0.39 is 5.97 Å². The molecule has 0 spiro atoms. The minimum Gasteiger partial charge on any atom is -0.480 e. The highest BCUT2D eigenvalue weighted by Crippen LogP contribution is 2.17. The number of hydrogen-bond acceptors (Lipinski definition) is 2. The van der Waals surface area contributed by atoms with Gasteiger partial charge < -0.3 is 10.0 Å². The zero-order chi connectivity index (χ0) is 13.7. The molecule has 1 amide bonds. The Labute approximate surface area is 110 Å². The molecule has 0 radical (unpaired) electrons. The smallest absolute Gasteiger partial charge is 0.323 e. The summed E-state index contributed by atoms with van der Waals surface area (Å²) in [5.41, 5.74) is 1.16. The Kier molecular flexibility index (Phi) is 4.92. The first-order valence-electron chi connectivity index (χ1n) is 5.33. The Morgan fingerprint density at radius 3 is 2.67 bits per heavy atom. The van der Waals surface area contributed by atoms with Crippen molar-refractivity contribution >= 4 is 23.5 Å². The molecule has 0 aliphatic rings. The Morgan fingerprint density at radius 2 is 2.17 bits per heavy atom. The van der Waals surface area contributed by atoms with Gasteiger partial charge in [-0.25, -0.2) is 0 Å².